The summed E-state index contributed by atoms with van der Waals surface area (Å²) in [5, 5.41) is 0.553. The molecular formula is C18H13FN2O2. The minimum atomic E-state index is -0.584. The number of anilines is 1. The Morgan fingerprint density at radius 1 is 1.13 bits per heavy atom. The number of para-hydroxylation sites is 1. The summed E-state index contributed by atoms with van der Waals surface area (Å²) in [5.41, 5.74) is 2.63. The van der Waals surface area contributed by atoms with Gasteiger partial charge in [0.2, 0.25) is 0 Å². The van der Waals surface area contributed by atoms with E-state index in [2.05, 4.69) is 4.98 Å². The predicted molar refractivity (Wildman–Crippen MR) is 85.1 cm³/mol. The van der Waals surface area contributed by atoms with Crippen molar-refractivity contribution in [3.8, 4) is 0 Å². The second-order valence-electron chi connectivity index (χ2n) is 5.56. The number of aromatic amines is 1. The quantitative estimate of drug-likeness (QED) is 0.584. The number of rotatable bonds is 2. The molecular weight excluding hydrogens is 295 g/mol. The smallest absolute Gasteiger partial charge is 0.299 e. The minimum Gasteiger partial charge on any atom is -0.360 e. The molecule has 23 heavy (non-hydrogen) atoms. The number of Topliss-reactive ketones (excluding diaryl/α,β-unsaturated/α-hetero) is 1. The number of H-pyrrole nitrogens is 1. The second kappa shape index (κ2) is 5.05. The van der Waals surface area contributed by atoms with Crippen molar-refractivity contribution in [2.45, 2.75) is 6.42 Å². The highest BCUT2D eigenvalue weighted by Crippen LogP contribution is 2.29. The molecule has 4 nitrogen and oxygen atoms in total. The highest BCUT2D eigenvalue weighted by Gasteiger charge is 2.30. The van der Waals surface area contributed by atoms with Gasteiger partial charge in [-0.2, -0.15) is 0 Å². The molecule has 1 aromatic heterocycles. The van der Waals surface area contributed by atoms with E-state index in [0.717, 1.165) is 17.7 Å². The van der Waals surface area contributed by atoms with Crippen LogP contribution >= 0.6 is 0 Å². The Kier molecular flexibility index (Phi) is 3.01. The van der Waals surface area contributed by atoms with E-state index in [-0.39, 0.29) is 5.56 Å². The van der Waals surface area contributed by atoms with Crippen LogP contribution in [0.2, 0.25) is 0 Å². The zero-order valence-corrected chi connectivity index (χ0v) is 12.2. The fourth-order valence-corrected chi connectivity index (χ4v) is 3.07. The number of nitrogens with zero attached hydrogens (tertiary/aromatic N) is 1. The van der Waals surface area contributed by atoms with Crippen LogP contribution in [0.25, 0.3) is 10.9 Å². The summed E-state index contributed by atoms with van der Waals surface area (Å²) in [6.07, 6.45) is 2.21. The van der Waals surface area contributed by atoms with Crippen molar-refractivity contribution in [1.29, 1.82) is 0 Å². The molecule has 5 heteroatoms. The second-order valence-corrected chi connectivity index (χ2v) is 5.56. The van der Waals surface area contributed by atoms with Gasteiger partial charge < -0.3 is 9.88 Å². The molecule has 0 saturated carbocycles. The van der Waals surface area contributed by atoms with E-state index in [1.807, 2.05) is 24.3 Å². The van der Waals surface area contributed by atoms with E-state index < -0.39 is 17.5 Å². The lowest BCUT2D eigenvalue weighted by Gasteiger charge is -2.16. The average Bonchev–Trinajstić information content (AvgIpc) is 3.17. The van der Waals surface area contributed by atoms with E-state index in [1.54, 1.807) is 0 Å². The van der Waals surface area contributed by atoms with Crippen molar-refractivity contribution >= 4 is 28.3 Å². The van der Waals surface area contributed by atoms with Crippen LogP contribution in [-0.2, 0) is 11.2 Å². The third kappa shape index (κ3) is 2.12. The van der Waals surface area contributed by atoms with E-state index in [0.29, 0.717) is 17.4 Å². The molecule has 3 aromatic rings. The van der Waals surface area contributed by atoms with Gasteiger partial charge >= 0.3 is 0 Å². The van der Waals surface area contributed by atoms with Crippen molar-refractivity contribution in [2.75, 3.05) is 11.4 Å². The van der Waals surface area contributed by atoms with E-state index >= 15 is 0 Å². The Morgan fingerprint density at radius 2 is 1.96 bits per heavy atom. The molecule has 0 radical (unpaired) electrons. The van der Waals surface area contributed by atoms with Crippen LogP contribution in [0.1, 0.15) is 15.9 Å². The van der Waals surface area contributed by atoms with Gasteiger partial charge in [0.25, 0.3) is 11.7 Å². The lowest BCUT2D eigenvalue weighted by Crippen LogP contribution is -2.35. The molecule has 1 aliphatic heterocycles. The molecule has 1 amide bonds. The Bertz CT molecular complexity index is 945. The van der Waals surface area contributed by atoms with Crippen LogP contribution < -0.4 is 4.90 Å². The van der Waals surface area contributed by atoms with Crippen LogP contribution in [0.4, 0.5) is 10.1 Å². The number of benzene rings is 2. The van der Waals surface area contributed by atoms with Gasteiger partial charge in [-0.15, -0.1) is 0 Å². The Morgan fingerprint density at radius 3 is 2.83 bits per heavy atom. The van der Waals surface area contributed by atoms with Crippen molar-refractivity contribution in [1.82, 2.24) is 4.98 Å². The number of amides is 1. The van der Waals surface area contributed by atoms with Crippen LogP contribution in [-0.4, -0.2) is 23.2 Å². The lowest BCUT2D eigenvalue weighted by molar-refractivity contribution is -0.114. The molecule has 0 saturated heterocycles. The van der Waals surface area contributed by atoms with Gasteiger partial charge in [0.15, 0.2) is 0 Å². The van der Waals surface area contributed by atoms with Gasteiger partial charge in [-0.25, -0.2) is 4.39 Å². The Labute approximate surface area is 131 Å². The highest BCUT2D eigenvalue weighted by molar-refractivity contribution is 6.49. The number of fused-ring (bicyclic) bond motifs is 2. The van der Waals surface area contributed by atoms with E-state index in [9.17, 15) is 14.0 Å². The number of hydrogen-bond donors (Lipinski definition) is 1. The van der Waals surface area contributed by atoms with Crippen LogP contribution in [0.5, 0.6) is 0 Å². The first-order valence-corrected chi connectivity index (χ1v) is 7.36. The van der Waals surface area contributed by atoms with Gasteiger partial charge in [0.1, 0.15) is 5.82 Å². The van der Waals surface area contributed by atoms with Crippen LogP contribution in [0, 0.1) is 5.82 Å². The van der Waals surface area contributed by atoms with Crippen molar-refractivity contribution in [3.63, 3.8) is 0 Å². The number of halogens is 1. The first kappa shape index (κ1) is 13.7. The molecule has 0 unspecified atom stereocenters. The van der Waals surface area contributed by atoms with E-state index in [4.69, 9.17) is 0 Å². The molecule has 1 N–H and O–H groups in total. The number of aromatic nitrogens is 1. The van der Waals surface area contributed by atoms with Gasteiger partial charge in [-0.3, -0.25) is 9.59 Å². The first-order chi connectivity index (χ1) is 11.1. The van der Waals surface area contributed by atoms with Crippen molar-refractivity contribution in [2.24, 2.45) is 0 Å². The average molecular weight is 308 g/mol. The van der Waals surface area contributed by atoms with Crippen molar-refractivity contribution < 1.29 is 14.0 Å². The zero-order valence-electron chi connectivity index (χ0n) is 12.2. The molecule has 114 valence electrons. The number of hydrogen-bond acceptors (Lipinski definition) is 2. The monoisotopic (exact) mass is 308 g/mol. The standard InChI is InChI=1S/C18H13FN2O2/c19-12-5-6-13-14(10-20-15(13)9-12)17(22)18(23)21-8-7-11-3-1-2-4-16(11)21/h1-6,9-10,20H,7-8H2. The fraction of sp³-hybridized carbons (Fsp3) is 0.111. The van der Waals surface area contributed by atoms with Crippen molar-refractivity contribution in [3.05, 3.63) is 65.6 Å². The molecule has 0 atom stereocenters. The fourth-order valence-electron chi connectivity index (χ4n) is 3.07. The lowest BCUT2D eigenvalue weighted by atomic mass is 10.1. The predicted octanol–water partition coefficient (Wildman–Crippen LogP) is 3.08. The number of ketones is 1. The summed E-state index contributed by atoms with van der Waals surface area (Å²) >= 11 is 0. The number of carbonyl (C=O) groups is 2. The molecule has 0 aliphatic carbocycles. The van der Waals surface area contributed by atoms with Crippen LogP contribution in [0.3, 0.4) is 0 Å². The molecule has 1 aliphatic rings. The molecule has 0 spiro atoms. The molecule has 2 aromatic carbocycles. The summed E-state index contributed by atoms with van der Waals surface area (Å²) in [7, 11) is 0. The summed E-state index contributed by atoms with van der Waals surface area (Å²) in [5.74, 6) is -1.53. The molecule has 0 fully saturated rings. The van der Waals surface area contributed by atoms with Gasteiger partial charge in [-0.05, 0) is 36.2 Å². The normalized spacial score (nSPS) is 13.3. The Hall–Kier alpha value is -2.95. The molecule has 4 rings (SSSR count). The SMILES string of the molecule is O=C(C(=O)N1CCc2ccccc21)c1c[nH]c2cc(F)ccc12. The third-order valence-electron chi connectivity index (χ3n) is 4.21. The van der Waals surface area contributed by atoms with Gasteiger partial charge in [0, 0.05) is 29.3 Å². The first-order valence-electron chi connectivity index (χ1n) is 7.36. The Balaban J connectivity index is 1.70. The number of carbonyl (C=O) groups excluding carboxylic acids is 2. The largest absolute Gasteiger partial charge is 0.360 e. The van der Waals surface area contributed by atoms with Gasteiger partial charge in [0.05, 0.1) is 5.56 Å². The van der Waals surface area contributed by atoms with Gasteiger partial charge in [-0.1, -0.05) is 18.2 Å². The van der Waals surface area contributed by atoms with E-state index in [1.165, 1.54) is 29.3 Å². The summed E-state index contributed by atoms with van der Waals surface area (Å²) in [6, 6.07) is 11.7. The molecule has 2 heterocycles. The summed E-state index contributed by atoms with van der Waals surface area (Å²) < 4.78 is 13.2. The maximum absolute atomic E-state index is 13.2. The molecule has 0 bridgehead atoms. The minimum absolute atomic E-state index is 0.273. The summed E-state index contributed by atoms with van der Waals surface area (Å²) in [4.78, 5) is 29.6. The highest BCUT2D eigenvalue weighted by atomic mass is 19.1. The summed E-state index contributed by atoms with van der Waals surface area (Å²) in [6.45, 7) is 0.501. The topological polar surface area (TPSA) is 53.2 Å². The zero-order chi connectivity index (χ0) is 16.0. The van der Waals surface area contributed by atoms with Crippen LogP contribution in [0.15, 0.2) is 48.7 Å². The maximum atomic E-state index is 13.2. The number of nitrogens with one attached hydrogen (secondary N) is 1. The third-order valence-corrected chi connectivity index (χ3v) is 4.21. The maximum Gasteiger partial charge on any atom is 0.299 e.